The van der Waals surface area contributed by atoms with E-state index in [1.54, 1.807) is 51.1 Å². The van der Waals surface area contributed by atoms with Crippen molar-refractivity contribution in [2.24, 2.45) is 0 Å². The summed E-state index contributed by atoms with van der Waals surface area (Å²) in [6.45, 7) is 0.699. The third-order valence-electron chi connectivity index (χ3n) is 7.67. The molecule has 3 aromatic rings. The minimum absolute atomic E-state index is 0.0437. The molecule has 10 nitrogen and oxygen atoms in total. The van der Waals surface area contributed by atoms with Gasteiger partial charge >= 0.3 is 6.03 Å². The van der Waals surface area contributed by atoms with Crippen LogP contribution in [0.3, 0.4) is 0 Å². The molecule has 2 N–H and O–H groups in total. The van der Waals surface area contributed by atoms with E-state index in [9.17, 15) is 19.5 Å². The number of hydrogen-bond acceptors (Lipinski definition) is 6. The number of phenols is 1. The number of halogens is 1. The van der Waals surface area contributed by atoms with Crippen LogP contribution >= 0.6 is 11.6 Å². The zero-order valence-electron chi connectivity index (χ0n) is 23.9. The number of rotatable bonds is 7. The van der Waals surface area contributed by atoms with Crippen LogP contribution in [0.2, 0.25) is 5.02 Å². The molecule has 0 unspecified atom stereocenters. The first-order chi connectivity index (χ1) is 20.1. The number of hydrogen-bond donors (Lipinski definition) is 2. The van der Waals surface area contributed by atoms with Gasteiger partial charge in [-0.05, 0) is 41.0 Å². The van der Waals surface area contributed by atoms with Gasteiger partial charge in [-0.2, -0.15) is 0 Å². The van der Waals surface area contributed by atoms with Crippen molar-refractivity contribution in [2.45, 2.75) is 31.7 Å². The first-order valence-corrected chi connectivity index (χ1v) is 14.2. The number of phenolic OH excluding ortho intramolecular Hbond substituents is 1. The lowest BCUT2D eigenvalue weighted by molar-refractivity contribution is -0.187. The standard InChI is InChI=1S/C31H35ClN6O4/c1-34(2)26-16-23(11-14-25(26)32)18-36-19-28-37(27(30(36)41)15-21-9-12-24(39)13-10-21)29(40)20-35(3)38(28)31(42)33-17-22-7-5-4-6-8-22/h4-14,16,27-28,39H,15,17-20H2,1-3H3,(H,33,42)/t27-,28+/m0/s1. The minimum Gasteiger partial charge on any atom is -0.508 e. The van der Waals surface area contributed by atoms with E-state index in [1.807, 2.05) is 67.5 Å². The van der Waals surface area contributed by atoms with Crippen LogP contribution in [0.25, 0.3) is 0 Å². The first-order valence-electron chi connectivity index (χ1n) is 13.8. The molecule has 2 heterocycles. The van der Waals surface area contributed by atoms with Crippen molar-refractivity contribution in [2.75, 3.05) is 39.1 Å². The number of nitrogens with one attached hydrogen (secondary N) is 1. The molecule has 2 fully saturated rings. The van der Waals surface area contributed by atoms with Crippen LogP contribution in [-0.2, 0) is 29.1 Å². The maximum absolute atomic E-state index is 14.1. The second-order valence-electron chi connectivity index (χ2n) is 10.9. The van der Waals surface area contributed by atoms with E-state index in [2.05, 4.69) is 5.32 Å². The van der Waals surface area contributed by atoms with Crippen molar-refractivity contribution in [1.29, 1.82) is 0 Å². The van der Waals surface area contributed by atoms with Crippen LogP contribution in [0.5, 0.6) is 5.75 Å². The number of likely N-dealkylation sites (N-methyl/N-ethyl adjacent to an activating group) is 1. The summed E-state index contributed by atoms with van der Waals surface area (Å²) in [5, 5.41) is 16.5. The molecular formula is C31H35ClN6O4. The Bertz CT molecular complexity index is 1450. The molecule has 0 spiro atoms. The van der Waals surface area contributed by atoms with Crippen molar-refractivity contribution < 1.29 is 19.5 Å². The van der Waals surface area contributed by atoms with Crippen molar-refractivity contribution in [1.82, 2.24) is 25.1 Å². The zero-order valence-corrected chi connectivity index (χ0v) is 24.7. The molecule has 2 atom stereocenters. The summed E-state index contributed by atoms with van der Waals surface area (Å²) in [6.07, 6.45) is -0.475. The van der Waals surface area contributed by atoms with Crippen LogP contribution < -0.4 is 10.2 Å². The summed E-state index contributed by atoms with van der Waals surface area (Å²) in [6, 6.07) is 20.6. The summed E-state index contributed by atoms with van der Waals surface area (Å²) in [5.74, 6) is -0.319. The van der Waals surface area contributed by atoms with Gasteiger partial charge in [-0.3, -0.25) is 9.59 Å². The van der Waals surface area contributed by atoms with Gasteiger partial charge in [0.25, 0.3) is 0 Å². The molecule has 4 amide bonds. The number of carbonyl (C=O) groups excluding carboxylic acids is 3. The molecular weight excluding hydrogens is 556 g/mol. The third kappa shape index (κ3) is 6.14. The summed E-state index contributed by atoms with van der Waals surface area (Å²) in [7, 11) is 5.51. The number of nitrogens with zero attached hydrogens (tertiary/aromatic N) is 5. The Morgan fingerprint density at radius 3 is 2.38 bits per heavy atom. The molecule has 2 saturated heterocycles. The molecule has 0 aromatic heterocycles. The van der Waals surface area contributed by atoms with Gasteiger partial charge in [0.2, 0.25) is 11.8 Å². The van der Waals surface area contributed by atoms with E-state index in [1.165, 1.54) is 0 Å². The highest BCUT2D eigenvalue weighted by Gasteiger charge is 2.50. The van der Waals surface area contributed by atoms with Gasteiger partial charge in [0.15, 0.2) is 0 Å². The highest BCUT2D eigenvalue weighted by Crippen LogP contribution is 2.31. The number of fused-ring (bicyclic) bond motifs is 1. The fourth-order valence-corrected chi connectivity index (χ4v) is 5.86. The quantitative estimate of drug-likeness (QED) is 0.438. The molecule has 0 saturated carbocycles. The lowest BCUT2D eigenvalue weighted by Crippen LogP contribution is -2.76. The molecule has 2 aliphatic rings. The van der Waals surface area contributed by atoms with E-state index >= 15 is 0 Å². The van der Waals surface area contributed by atoms with E-state index in [0.717, 1.165) is 22.4 Å². The van der Waals surface area contributed by atoms with Gasteiger partial charge in [-0.1, -0.05) is 60.1 Å². The molecule has 3 aromatic carbocycles. The largest absolute Gasteiger partial charge is 0.508 e. The molecule has 0 aliphatic carbocycles. The van der Waals surface area contributed by atoms with Crippen LogP contribution in [0, 0.1) is 0 Å². The Kier molecular flexibility index (Phi) is 8.56. The van der Waals surface area contributed by atoms with Gasteiger partial charge < -0.3 is 25.1 Å². The fraction of sp³-hybridized carbons (Fsp3) is 0.323. The molecule has 220 valence electrons. The molecule has 0 radical (unpaired) electrons. The molecule has 0 bridgehead atoms. The van der Waals surface area contributed by atoms with Crippen molar-refractivity contribution in [3.63, 3.8) is 0 Å². The predicted molar refractivity (Wildman–Crippen MR) is 161 cm³/mol. The normalized spacial score (nSPS) is 19.1. The van der Waals surface area contributed by atoms with Gasteiger partial charge in [0.1, 0.15) is 18.0 Å². The molecule has 42 heavy (non-hydrogen) atoms. The SMILES string of the molecule is CN(C)c1cc(CN2C[C@@H]3N(C(=O)CN(C)N3C(=O)NCc3ccccc3)[C@@H](Cc3ccc(O)cc3)C2=O)ccc1Cl. The Morgan fingerprint density at radius 1 is 1.00 bits per heavy atom. The third-order valence-corrected chi connectivity index (χ3v) is 7.98. The van der Waals surface area contributed by atoms with Gasteiger partial charge in [-0.15, -0.1) is 0 Å². The fourth-order valence-electron chi connectivity index (χ4n) is 5.58. The number of urea groups is 1. The monoisotopic (exact) mass is 590 g/mol. The topological polar surface area (TPSA) is 99.7 Å². The minimum atomic E-state index is -0.834. The Hall–Kier alpha value is -4.28. The van der Waals surface area contributed by atoms with E-state index < -0.39 is 12.2 Å². The molecule has 2 aliphatic heterocycles. The highest BCUT2D eigenvalue weighted by atomic mass is 35.5. The van der Waals surface area contributed by atoms with Gasteiger partial charge in [-0.25, -0.2) is 14.8 Å². The van der Waals surface area contributed by atoms with Crippen LogP contribution in [0.15, 0.2) is 72.8 Å². The lowest BCUT2D eigenvalue weighted by Gasteiger charge is -2.54. The number of benzene rings is 3. The number of piperazine rings is 1. The van der Waals surface area contributed by atoms with E-state index in [0.29, 0.717) is 11.6 Å². The maximum Gasteiger partial charge on any atom is 0.334 e. The Labute approximate surface area is 250 Å². The summed E-state index contributed by atoms with van der Waals surface area (Å²) >= 11 is 6.40. The van der Waals surface area contributed by atoms with Crippen LogP contribution in [0.1, 0.15) is 16.7 Å². The summed E-state index contributed by atoms with van der Waals surface area (Å²) in [4.78, 5) is 46.4. The zero-order chi connectivity index (χ0) is 30.0. The number of hydrazine groups is 1. The average molecular weight is 591 g/mol. The summed E-state index contributed by atoms with van der Waals surface area (Å²) in [5.41, 5.74) is 3.45. The second-order valence-corrected chi connectivity index (χ2v) is 11.3. The lowest BCUT2D eigenvalue weighted by atomic mass is 9.98. The van der Waals surface area contributed by atoms with Crippen LogP contribution in [0.4, 0.5) is 10.5 Å². The van der Waals surface area contributed by atoms with Crippen molar-refractivity contribution >= 4 is 35.1 Å². The number of carbonyl (C=O) groups is 3. The highest BCUT2D eigenvalue weighted by molar-refractivity contribution is 6.33. The van der Waals surface area contributed by atoms with Gasteiger partial charge in [0, 0.05) is 40.7 Å². The van der Waals surface area contributed by atoms with Crippen LogP contribution in [-0.4, -0.2) is 89.2 Å². The predicted octanol–water partition coefficient (Wildman–Crippen LogP) is 3.29. The number of aromatic hydroxyl groups is 1. The van der Waals surface area contributed by atoms with Crippen molar-refractivity contribution in [3.05, 3.63) is 94.5 Å². The second kappa shape index (κ2) is 12.3. The van der Waals surface area contributed by atoms with Crippen molar-refractivity contribution in [3.8, 4) is 5.75 Å². The first kappa shape index (κ1) is 29.2. The average Bonchev–Trinajstić information content (AvgIpc) is 2.96. The van der Waals surface area contributed by atoms with E-state index in [4.69, 9.17) is 11.6 Å². The van der Waals surface area contributed by atoms with Gasteiger partial charge in [0.05, 0.1) is 23.8 Å². The number of anilines is 1. The Balaban J connectivity index is 1.47. The smallest absolute Gasteiger partial charge is 0.334 e. The van der Waals surface area contributed by atoms with E-state index in [-0.39, 0.29) is 49.7 Å². The summed E-state index contributed by atoms with van der Waals surface area (Å²) < 4.78 is 0. The number of amides is 4. The Morgan fingerprint density at radius 2 is 1.69 bits per heavy atom. The maximum atomic E-state index is 14.1. The molecule has 11 heteroatoms. The molecule has 5 rings (SSSR count).